The Kier molecular flexibility index (Phi) is 3.63. The minimum Gasteiger partial charge on any atom is -0.341 e. The Labute approximate surface area is 87.0 Å². The summed E-state index contributed by atoms with van der Waals surface area (Å²) in [6.07, 6.45) is 1.54. The lowest BCUT2D eigenvalue weighted by Gasteiger charge is -2.05. The molecule has 78 valence electrons. The number of aromatic nitrogens is 1. The standard InChI is InChI=1S/C10H11N3O2/c1-8-3-2-6-13(10(8)15)7-9(14)12-5-4-11/h2-3,6H,5,7H2,1H3,(H,12,14). The van der Waals surface area contributed by atoms with Crippen molar-refractivity contribution in [3.63, 3.8) is 0 Å². The van der Waals surface area contributed by atoms with E-state index in [0.717, 1.165) is 0 Å². The second-order valence-electron chi connectivity index (χ2n) is 3.06. The lowest BCUT2D eigenvalue weighted by Crippen LogP contribution is -2.32. The summed E-state index contributed by atoms with van der Waals surface area (Å²) >= 11 is 0. The molecule has 1 N–H and O–H groups in total. The van der Waals surface area contributed by atoms with Gasteiger partial charge in [-0.15, -0.1) is 0 Å². The van der Waals surface area contributed by atoms with E-state index in [2.05, 4.69) is 5.32 Å². The maximum Gasteiger partial charge on any atom is 0.253 e. The van der Waals surface area contributed by atoms with E-state index in [0.29, 0.717) is 5.56 Å². The van der Waals surface area contributed by atoms with Crippen LogP contribution in [0.1, 0.15) is 5.56 Å². The van der Waals surface area contributed by atoms with Crippen molar-refractivity contribution in [1.82, 2.24) is 9.88 Å². The fraction of sp³-hybridized carbons (Fsp3) is 0.300. The number of carbonyl (C=O) groups excluding carboxylic acids is 1. The molecule has 5 heteroatoms. The van der Waals surface area contributed by atoms with Crippen molar-refractivity contribution < 1.29 is 4.79 Å². The van der Waals surface area contributed by atoms with Crippen LogP contribution in [0.4, 0.5) is 0 Å². The summed E-state index contributed by atoms with van der Waals surface area (Å²) in [6.45, 7) is 1.59. The van der Waals surface area contributed by atoms with Gasteiger partial charge in [-0.25, -0.2) is 0 Å². The van der Waals surface area contributed by atoms with E-state index >= 15 is 0 Å². The maximum atomic E-state index is 11.5. The zero-order chi connectivity index (χ0) is 11.3. The summed E-state index contributed by atoms with van der Waals surface area (Å²) in [7, 11) is 0. The second kappa shape index (κ2) is 4.96. The molecule has 1 aromatic heterocycles. The molecule has 1 aromatic rings. The lowest BCUT2D eigenvalue weighted by molar-refractivity contribution is -0.121. The Morgan fingerprint density at radius 3 is 3.07 bits per heavy atom. The molecular weight excluding hydrogens is 194 g/mol. The average Bonchev–Trinajstić information content (AvgIpc) is 2.22. The average molecular weight is 205 g/mol. The summed E-state index contributed by atoms with van der Waals surface area (Å²) in [5.41, 5.74) is 0.398. The topological polar surface area (TPSA) is 74.9 Å². The number of pyridine rings is 1. The van der Waals surface area contributed by atoms with Crippen LogP contribution < -0.4 is 10.9 Å². The Bertz CT molecular complexity index is 456. The van der Waals surface area contributed by atoms with Crippen LogP contribution in [0.25, 0.3) is 0 Å². The molecule has 0 atom stereocenters. The van der Waals surface area contributed by atoms with Gasteiger partial charge in [0, 0.05) is 11.8 Å². The van der Waals surface area contributed by atoms with Gasteiger partial charge in [-0.2, -0.15) is 5.26 Å². The zero-order valence-electron chi connectivity index (χ0n) is 8.36. The molecule has 0 radical (unpaired) electrons. The Morgan fingerprint density at radius 2 is 2.40 bits per heavy atom. The van der Waals surface area contributed by atoms with E-state index in [1.165, 1.54) is 4.57 Å². The number of nitrogens with zero attached hydrogens (tertiary/aromatic N) is 2. The number of hydrogen-bond donors (Lipinski definition) is 1. The molecule has 0 saturated carbocycles. The number of nitriles is 1. The summed E-state index contributed by atoms with van der Waals surface area (Å²) in [6, 6.07) is 5.18. The Hall–Kier alpha value is -2.09. The van der Waals surface area contributed by atoms with Crippen molar-refractivity contribution in [2.45, 2.75) is 13.5 Å². The van der Waals surface area contributed by atoms with Crippen molar-refractivity contribution in [3.05, 3.63) is 34.2 Å². The zero-order valence-corrected chi connectivity index (χ0v) is 8.36. The monoisotopic (exact) mass is 205 g/mol. The van der Waals surface area contributed by atoms with Crippen LogP contribution >= 0.6 is 0 Å². The predicted molar refractivity (Wildman–Crippen MR) is 54.1 cm³/mol. The molecule has 0 aliphatic carbocycles. The molecule has 1 heterocycles. The third-order valence-corrected chi connectivity index (χ3v) is 1.89. The lowest BCUT2D eigenvalue weighted by atomic mass is 10.3. The van der Waals surface area contributed by atoms with E-state index in [1.54, 1.807) is 31.3 Å². The highest BCUT2D eigenvalue weighted by molar-refractivity contribution is 5.75. The quantitative estimate of drug-likeness (QED) is 0.694. The first-order chi connectivity index (χ1) is 7.15. The van der Waals surface area contributed by atoms with Crippen LogP contribution in [0.15, 0.2) is 23.1 Å². The van der Waals surface area contributed by atoms with Crippen LogP contribution in [0.2, 0.25) is 0 Å². The fourth-order valence-corrected chi connectivity index (χ4v) is 1.13. The molecular formula is C10H11N3O2. The minimum absolute atomic E-state index is 0.0423. The van der Waals surface area contributed by atoms with E-state index in [4.69, 9.17) is 5.26 Å². The molecule has 0 aliphatic rings. The fourth-order valence-electron chi connectivity index (χ4n) is 1.13. The van der Waals surface area contributed by atoms with Crippen molar-refractivity contribution in [1.29, 1.82) is 5.26 Å². The predicted octanol–water partition coefficient (Wildman–Crippen LogP) is -0.203. The molecule has 0 unspecified atom stereocenters. The molecule has 0 aromatic carbocycles. The first-order valence-electron chi connectivity index (χ1n) is 4.45. The summed E-state index contributed by atoms with van der Waals surface area (Å²) < 4.78 is 1.31. The van der Waals surface area contributed by atoms with E-state index in [-0.39, 0.29) is 24.6 Å². The molecule has 0 saturated heterocycles. The first kappa shape index (κ1) is 11.0. The largest absolute Gasteiger partial charge is 0.341 e. The molecule has 15 heavy (non-hydrogen) atoms. The van der Waals surface area contributed by atoms with Gasteiger partial charge in [0.15, 0.2) is 0 Å². The molecule has 5 nitrogen and oxygen atoms in total. The van der Waals surface area contributed by atoms with E-state index in [1.807, 2.05) is 0 Å². The SMILES string of the molecule is Cc1cccn(CC(=O)NCC#N)c1=O. The molecule has 0 fully saturated rings. The van der Waals surface area contributed by atoms with Crippen molar-refractivity contribution >= 4 is 5.91 Å². The van der Waals surface area contributed by atoms with Gasteiger partial charge in [0.25, 0.3) is 5.56 Å². The Morgan fingerprint density at radius 1 is 1.67 bits per heavy atom. The van der Waals surface area contributed by atoms with Gasteiger partial charge in [-0.05, 0) is 13.0 Å². The smallest absolute Gasteiger partial charge is 0.253 e. The summed E-state index contributed by atoms with van der Waals surface area (Å²) in [5, 5.41) is 10.6. The molecule has 1 rings (SSSR count). The van der Waals surface area contributed by atoms with Crippen molar-refractivity contribution in [2.24, 2.45) is 0 Å². The van der Waals surface area contributed by atoms with Gasteiger partial charge >= 0.3 is 0 Å². The number of rotatable bonds is 3. The summed E-state index contributed by atoms with van der Waals surface area (Å²) in [5.74, 6) is -0.343. The number of aryl methyl sites for hydroxylation is 1. The summed E-state index contributed by atoms with van der Waals surface area (Å²) in [4.78, 5) is 22.7. The van der Waals surface area contributed by atoms with Gasteiger partial charge in [0.05, 0.1) is 6.07 Å². The van der Waals surface area contributed by atoms with Crippen LogP contribution in [0, 0.1) is 18.3 Å². The highest BCUT2D eigenvalue weighted by Gasteiger charge is 2.04. The van der Waals surface area contributed by atoms with Crippen molar-refractivity contribution in [2.75, 3.05) is 6.54 Å². The number of amides is 1. The van der Waals surface area contributed by atoms with Gasteiger partial charge in [0.2, 0.25) is 5.91 Å². The van der Waals surface area contributed by atoms with Crippen molar-refractivity contribution in [3.8, 4) is 6.07 Å². The van der Waals surface area contributed by atoms with Gasteiger partial charge in [0.1, 0.15) is 13.1 Å². The van der Waals surface area contributed by atoms with E-state index in [9.17, 15) is 9.59 Å². The van der Waals surface area contributed by atoms with Crippen LogP contribution in [-0.2, 0) is 11.3 Å². The molecule has 1 amide bonds. The van der Waals surface area contributed by atoms with Crippen LogP contribution in [0.5, 0.6) is 0 Å². The number of carbonyl (C=O) groups is 1. The normalized spacial score (nSPS) is 9.33. The van der Waals surface area contributed by atoms with Gasteiger partial charge in [-0.1, -0.05) is 6.07 Å². The van der Waals surface area contributed by atoms with Crippen LogP contribution in [-0.4, -0.2) is 17.0 Å². The third kappa shape index (κ3) is 2.95. The molecule has 0 spiro atoms. The third-order valence-electron chi connectivity index (χ3n) is 1.89. The highest BCUT2D eigenvalue weighted by Crippen LogP contribution is 1.88. The maximum absolute atomic E-state index is 11.5. The molecule has 0 bridgehead atoms. The Balaban J connectivity index is 2.74. The second-order valence-corrected chi connectivity index (χ2v) is 3.06. The minimum atomic E-state index is -0.343. The van der Waals surface area contributed by atoms with Gasteiger partial charge in [-0.3, -0.25) is 9.59 Å². The molecule has 0 aliphatic heterocycles. The number of hydrogen-bond acceptors (Lipinski definition) is 3. The van der Waals surface area contributed by atoms with E-state index < -0.39 is 0 Å². The van der Waals surface area contributed by atoms with Crippen LogP contribution in [0.3, 0.4) is 0 Å². The first-order valence-corrected chi connectivity index (χ1v) is 4.45. The highest BCUT2D eigenvalue weighted by atomic mass is 16.2. The number of nitrogens with one attached hydrogen (secondary N) is 1. The van der Waals surface area contributed by atoms with Gasteiger partial charge < -0.3 is 9.88 Å².